The number of aliphatic hydroxyl groups excluding tert-OH is 5. The van der Waals surface area contributed by atoms with Gasteiger partial charge in [0.1, 0.15) is 6.61 Å². The Kier molecular flexibility index (Phi) is 80.5. The minimum absolute atomic E-state index is 0.0788. The molecule has 0 radical (unpaired) electrons. The van der Waals surface area contributed by atoms with Crippen LogP contribution in [-0.2, 0) is 14.3 Å². The fraction of sp³-hybridized carbons (Fsp3) is 0.966. The molecule has 0 rings (SSSR count). The van der Waals surface area contributed by atoms with Gasteiger partial charge in [0.05, 0.1) is 19.8 Å². The number of carbonyl (C=O) groups is 2. The topological polar surface area (TPSA) is 165 Å². The quantitative estimate of drug-likeness (QED) is 0.0257. The normalized spacial score (nSPS) is 10.8. The van der Waals surface area contributed by atoms with Crippen LogP contribution in [0.2, 0.25) is 0 Å². The lowest BCUT2D eigenvalue weighted by atomic mass is 10.0. The Morgan fingerprint density at radius 2 is 0.471 bits per heavy atom. The van der Waals surface area contributed by atoms with Crippen LogP contribution < -0.4 is 0 Å². The SMILES string of the molecule is CCCCCCCCCCCCCCCCCC(=O)O.CCCCCCCCCCCCCCCCCC(=O)OCCO.OCCCCCCCCCCCCCCCCCCCO.OCCO. The van der Waals surface area contributed by atoms with Gasteiger partial charge in [-0.15, -0.1) is 0 Å². The van der Waals surface area contributed by atoms with Crippen LogP contribution >= 0.6 is 0 Å². The van der Waals surface area contributed by atoms with Crippen LogP contribution in [0.1, 0.15) is 328 Å². The highest BCUT2D eigenvalue weighted by Crippen LogP contribution is 2.17. The van der Waals surface area contributed by atoms with Crippen LogP contribution in [0.4, 0.5) is 0 Å². The fourth-order valence-corrected chi connectivity index (χ4v) is 8.40. The second-order valence-electron chi connectivity index (χ2n) is 19.6. The van der Waals surface area contributed by atoms with E-state index >= 15 is 0 Å². The molecule has 0 aromatic heterocycles. The van der Waals surface area contributed by atoms with Crippen LogP contribution in [0.15, 0.2) is 0 Å². The van der Waals surface area contributed by atoms with Gasteiger partial charge in [0, 0.05) is 26.1 Å². The third kappa shape index (κ3) is 84.7. The van der Waals surface area contributed by atoms with Crippen LogP contribution in [-0.4, -0.2) is 82.2 Å². The van der Waals surface area contributed by atoms with E-state index in [1.54, 1.807) is 0 Å². The number of carboxylic acids is 1. The second-order valence-corrected chi connectivity index (χ2v) is 19.6. The molecular weight excluding hydrogens is 853 g/mol. The molecule has 0 fully saturated rings. The summed E-state index contributed by atoms with van der Waals surface area (Å²) in [5.74, 6) is -0.826. The summed E-state index contributed by atoms with van der Waals surface area (Å²) in [6.45, 7) is 5.08. The average molecular weight is 976 g/mol. The summed E-state index contributed by atoms with van der Waals surface area (Å²) in [5, 5.41) is 49.7. The maximum absolute atomic E-state index is 11.2. The number of ether oxygens (including phenoxy) is 1. The van der Waals surface area contributed by atoms with Crippen LogP contribution in [0.25, 0.3) is 0 Å². The van der Waals surface area contributed by atoms with Gasteiger partial charge in [0.2, 0.25) is 0 Å². The van der Waals surface area contributed by atoms with Crippen molar-refractivity contribution in [2.45, 2.75) is 328 Å². The van der Waals surface area contributed by atoms with E-state index in [2.05, 4.69) is 13.8 Å². The molecule has 9 nitrogen and oxygen atoms in total. The van der Waals surface area contributed by atoms with Crippen molar-refractivity contribution in [2.75, 3.05) is 39.6 Å². The van der Waals surface area contributed by atoms with Crippen molar-refractivity contribution < 1.29 is 45.0 Å². The number of esters is 1. The zero-order chi connectivity index (χ0) is 50.8. The van der Waals surface area contributed by atoms with E-state index in [1.165, 1.54) is 263 Å². The Morgan fingerprint density at radius 3 is 0.662 bits per heavy atom. The molecule has 0 aromatic rings. The number of carbonyl (C=O) groups excluding carboxylic acids is 1. The summed E-state index contributed by atoms with van der Waals surface area (Å²) < 4.78 is 4.82. The van der Waals surface area contributed by atoms with E-state index in [0.717, 1.165) is 38.5 Å². The molecule has 0 atom stereocenters. The highest BCUT2D eigenvalue weighted by atomic mass is 16.5. The van der Waals surface area contributed by atoms with E-state index in [4.69, 9.17) is 35.4 Å². The maximum Gasteiger partial charge on any atom is 0.305 e. The molecule has 0 saturated carbocycles. The highest BCUT2D eigenvalue weighted by molar-refractivity contribution is 5.69. The van der Waals surface area contributed by atoms with Crippen molar-refractivity contribution in [2.24, 2.45) is 0 Å². The van der Waals surface area contributed by atoms with Crippen LogP contribution in [0.5, 0.6) is 0 Å². The van der Waals surface area contributed by atoms with E-state index < -0.39 is 5.97 Å². The molecule has 0 aliphatic heterocycles. The Labute approximate surface area is 423 Å². The zero-order valence-electron chi connectivity index (χ0n) is 45.8. The summed E-state index contributed by atoms with van der Waals surface area (Å²) in [6.07, 6.45) is 63.1. The molecule has 0 saturated heterocycles. The second kappa shape index (κ2) is 74.7. The first-order valence-corrected chi connectivity index (χ1v) is 29.8. The number of hydrogen-bond donors (Lipinski definition) is 6. The molecule has 0 bridgehead atoms. The number of aliphatic hydroxyl groups is 5. The molecule has 0 heterocycles. The fourth-order valence-electron chi connectivity index (χ4n) is 8.40. The van der Waals surface area contributed by atoms with Gasteiger partial charge in [-0.3, -0.25) is 9.59 Å². The molecule has 6 N–H and O–H groups in total. The summed E-state index contributed by atoms with van der Waals surface area (Å²) in [7, 11) is 0. The van der Waals surface area contributed by atoms with Crippen molar-refractivity contribution >= 4 is 11.9 Å². The van der Waals surface area contributed by atoms with Gasteiger partial charge in [0.15, 0.2) is 0 Å². The summed E-state index contributed by atoms with van der Waals surface area (Å²) >= 11 is 0. The Balaban J connectivity index is -0.000000434. The van der Waals surface area contributed by atoms with Crippen molar-refractivity contribution in [1.82, 2.24) is 0 Å². The Morgan fingerprint density at radius 1 is 0.265 bits per heavy atom. The molecular formula is C59H122O9. The summed E-state index contributed by atoms with van der Waals surface area (Å²) in [5.41, 5.74) is 0. The number of carboxylic acid groups (broad SMARTS) is 1. The number of hydrogen-bond acceptors (Lipinski definition) is 8. The van der Waals surface area contributed by atoms with E-state index in [0.29, 0.717) is 26.1 Å². The minimum atomic E-state index is -0.653. The Bertz CT molecular complexity index is 838. The average Bonchev–Trinajstić information content (AvgIpc) is 3.34. The van der Waals surface area contributed by atoms with Gasteiger partial charge in [-0.25, -0.2) is 0 Å². The summed E-state index contributed by atoms with van der Waals surface area (Å²) in [6, 6.07) is 0. The van der Waals surface area contributed by atoms with Crippen molar-refractivity contribution in [3.8, 4) is 0 Å². The first kappa shape index (κ1) is 73.3. The lowest BCUT2D eigenvalue weighted by molar-refractivity contribution is -0.144. The number of aliphatic carboxylic acids is 1. The zero-order valence-corrected chi connectivity index (χ0v) is 45.8. The molecule has 68 heavy (non-hydrogen) atoms. The van der Waals surface area contributed by atoms with Crippen LogP contribution in [0, 0.1) is 0 Å². The molecule has 0 unspecified atom stereocenters. The third-order valence-corrected chi connectivity index (χ3v) is 12.7. The molecule has 0 amide bonds. The smallest absolute Gasteiger partial charge is 0.305 e. The predicted octanol–water partition coefficient (Wildman–Crippen LogP) is 16.7. The maximum atomic E-state index is 11.2. The molecule has 0 aliphatic carbocycles. The number of unbranched alkanes of at least 4 members (excludes halogenated alkanes) is 44. The van der Waals surface area contributed by atoms with Gasteiger partial charge < -0.3 is 35.4 Å². The molecule has 0 aliphatic rings. The predicted molar refractivity (Wildman–Crippen MR) is 292 cm³/mol. The van der Waals surface area contributed by atoms with E-state index in [9.17, 15) is 9.59 Å². The van der Waals surface area contributed by atoms with Crippen molar-refractivity contribution in [3.63, 3.8) is 0 Å². The lowest BCUT2D eigenvalue weighted by Gasteiger charge is -2.04. The van der Waals surface area contributed by atoms with Crippen molar-refractivity contribution in [1.29, 1.82) is 0 Å². The first-order valence-electron chi connectivity index (χ1n) is 29.8. The third-order valence-electron chi connectivity index (χ3n) is 12.7. The van der Waals surface area contributed by atoms with Gasteiger partial charge >= 0.3 is 11.9 Å². The van der Waals surface area contributed by atoms with Crippen LogP contribution in [0.3, 0.4) is 0 Å². The van der Waals surface area contributed by atoms with E-state index in [-0.39, 0.29) is 32.4 Å². The number of rotatable bonds is 53. The standard InChI is InChI=1S/C20H40O3.C19H40O2.C18H36O2.C2H6O2/c1-2-3-4-5-6-7-8-9-10-11-12-13-14-15-16-17-20(22)23-19-18-21;20-18-16-14-12-10-8-6-4-2-1-3-5-7-9-11-13-15-17-19-21;1-2-3-4-5-6-7-8-9-10-11-12-13-14-15-16-17-18(19)20;3-1-2-4/h21H,2-19H2,1H3;20-21H,1-19H2;2-17H2,1H3,(H,19,20);3-4H,1-2H2. The Hall–Kier alpha value is -1.26. The largest absolute Gasteiger partial charge is 0.481 e. The van der Waals surface area contributed by atoms with Gasteiger partial charge in [-0.05, 0) is 25.7 Å². The molecule has 0 aromatic carbocycles. The molecule has 0 spiro atoms. The van der Waals surface area contributed by atoms with Gasteiger partial charge in [-0.1, -0.05) is 290 Å². The molecule has 412 valence electrons. The first-order chi connectivity index (χ1) is 33.4. The van der Waals surface area contributed by atoms with E-state index in [1.807, 2.05) is 0 Å². The van der Waals surface area contributed by atoms with Gasteiger partial charge in [-0.2, -0.15) is 0 Å². The summed E-state index contributed by atoms with van der Waals surface area (Å²) in [4.78, 5) is 21.5. The lowest BCUT2D eigenvalue weighted by Crippen LogP contribution is -2.07. The minimum Gasteiger partial charge on any atom is -0.481 e. The van der Waals surface area contributed by atoms with Gasteiger partial charge in [0.25, 0.3) is 0 Å². The molecule has 9 heteroatoms. The highest BCUT2D eigenvalue weighted by Gasteiger charge is 2.02. The van der Waals surface area contributed by atoms with Crippen molar-refractivity contribution in [3.05, 3.63) is 0 Å². The monoisotopic (exact) mass is 975 g/mol.